The highest BCUT2D eigenvalue weighted by molar-refractivity contribution is 5.50. The Labute approximate surface area is 93.3 Å². The summed E-state index contributed by atoms with van der Waals surface area (Å²) in [5.74, 6) is 0.642. The number of aliphatic hydroxyl groups is 1. The van der Waals surface area contributed by atoms with Crippen LogP contribution in [-0.2, 0) is 0 Å². The van der Waals surface area contributed by atoms with Crippen LogP contribution in [0.4, 0.5) is 0 Å². The maximum atomic E-state index is 9.77. The molecule has 0 bridgehead atoms. The molecule has 1 heterocycles. The molecule has 0 spiro atoms. The summed E-state index contributed by atoms with van der Waals surface area (Å²) in [7, 11) is 1.58. The van der Waals surface area contributed by atoms with Crippen molar-refractivity contribution >= 4 is 0 Å². The second-order valence-electron chi connectivity index (χ2n) is 3.41. The summed E-state index contributed by atoms with van der Waals surface area (Å²) >= 11 is 0. The Balaban J connectivity index is 2.61. The number of methoxy groups -OCH3 is 1. The molecule has 0 saturated heterocycles. The molecule has 1 atom stereocenters. The molecule has 0 saturated carbocycles. The van der Waals surface area contributed by atoms with E-state index >= 15 is 0 Å². The molecule has 0 aliphatic rings. The van der Waals surface area contributed by atoms with Crippen LogP contribution in [-0.4, -0.2) is 27.0 Å². The fourth-order valence-electron chi connectivity index (χ4n) is 1.66. The molecule has 0 fully saturated rings. The van der Waals surface area contributed by atoms with Gasteiger partial charge in [0.05, 0.1) is 18.9 Å². The third kappa shape index (κ3) is 1.77. The fourth-order valence-corrected chi connectivity index (χ4v) is 1.66. The topological polar surface area (TPSA) is 60.2 Å². The van der Waals surface area contributed by atoms with Gasteiger partial charge in [-0.25, -0.2) is 9.67 Å². The predicted molar refractivity (Wildman–Crippen MR) is 58.5 cm³/mol. The third-order valence-electron chi connectivity index (χ3n) is 2.35. The second-order valence-corrected chi connectivity index (χ2v) is 3.41. The summed E-state index contributed by atoms with van der Waals surface area (Å²) in [5.41, 5.74) is 1.47. The van der Waals surface area contributed by atoms with Gasteiger partial charge in [0.1, 0.15) is 18.4 Å². The van der Waals surface area contributed by atoms with Crippen molar-refractivity contribution in [3.05, 3.63) is 36.4 Å². The third-order valence-corrected chi connectivity index (χ3v) is 2.35. The molecule has 1 aromatic heterocycles. The highest BCUT2D eigenvalue weighted by Crippen LogP contribution is 2.30. The van der Waals surface area contributed by atoms with E-state index in [0.717, 1.165) is 5.69 Å². The molecule has 2 rings (SSSR count). The van der Waals surface area contributed by atoms with Crippen molar-refractivity contribution in [2.75, 3.05) is 7.11 Å². The van der Waals surface area contributed by atoms with Crippen LogP contribution >= 0.6 is 0 Å². The van der Waals surface area contributed by atoms with E-state index in [1.165, 1.54) is 6.33 Å². The summed E-state index contributed by atoms with van der Waals surface area (Å²) in [6.45, 7) is 1.69. The smallest absolute Gasteiger partial charge is 0.138 e. The zero-order valence-electron chi connectivity index (χ0n) is 9.16. The Morgan fingerprint density at radius 2 is 2.25 bits per heavy atom. The number of nitrogens with zero attached hydrogens (tertiary/aromatic N) is 3. The van der Waals surface area contributed by atoms with E-state index in [1.807, 2.05) is 18.2 Å². The molecule has 1 aromatic carbocycles. The highest BCUT2D eigenvalue weighted by atomic mass is 16.5. The minimum atomic E-state index is -0.629. The van der Waals surface area contributed by atoms with Crippen molar-refractivity contribution in [1.82, 2.24) is 14.8 Å². The number of aliphatic hydroxyl groups excluding tert-OH is 1. The molecule has 5 heteroatoms. The summed E-state index contributed by atoms with van der Waals surface area (Å²) in [6.07, 6.45) is 2.40. The summed E-state index contributed by atoms with van der Waals surface area (Å²) in [4.78, 5) is 3.88. The lowest BCUT2D eigenvalue weighted by molar-refractivity contribution is 0.194. The lowest BCUT2D eigenvalue weighted by atomic mass is 10.1. The van der Waals surface area contributed by atoms with Crippen molar-refractivity contribution in [2.24, 2.45) is 0 Å². The number of aromatic nitrogens is 3. The molecule has 0 radical (unpaired) electrons. The van der Waals surface area contributed by atoms with Crippen LogP contribution in [0.2, 0.25) is 0 Å². The van der Waals surface area contributed by atoms with E-state index in [0.29, 0.717) is 11.3 Å². The maximum Gasteiger partial charge on any atom is 0.138 e. The first-order valence-electron chi connectivity index (χ1n) is 4.94. The summed E-state index contributed by atoms with van der Waals surface area (Å²) in [5, 5.41) is 13.8. The van der Waals surface area contributed by atoms with Gasteiger partial charge in [-0.1, -0.05) is 6.07 Å². The number of benzene rings is 1. The predicted octanol–water partition coefficient (Wildman–Crippen LogP) is 1.33. The van der Waals surface area contributed by atoms with Gasteiger partial charge >= 0.3 is 0 Å². The van der Waals surface area contributed by atoms with E-state index in [2.05, 4.69) is 10.1 Å². The van der Waals surface area contributed by atoms with Crippen LogP contribution in [0.25, 0.3) is 5.69 Å². The lowest BCUT2D eigenvalue weighted by Gasteiger charge is -2.15. The molecule has 16 heavy (non-hydrogen) atoms. The Morgan fingerprint density at radius 3 is 2.81 bits per heavy atom. The first-order chi connectivity index (χ1) is 7.74. The van der Waals surface area contributed by atoms with E-state index < -0.39 is 6.10 Å². The fraction of sp³-hybridized carbons (Fsp3) is 0.273. The first kappa shape index (κ1) is 10.6. The summed E-state index contributed by atoms with van der Waals surface area (Å²) < 4.78 is 6.83. The minimum absolute atomic E-state index is 0.629. The number of ether oxygens (including phenoxy) is 1. The second kappa shape index (κ2) is 4.32. The Morgan fingerprint density at radius 1 is 1.44 bits per heavy atom. The van der Waals surface area contributed by atoms with Gasteiger partial charge in [0, 0.05) is 5.56 Å². The molecule has 0 aliphatic carbocycles. The molecule has 0 aliphatic heterocycles. The molecule has 1 N–H and O–H groups in total. The summed E-state index contributed by atoms with van der Waals surface area (Å²) in [6, 6.07) is 5.52. The number of hydrogen-bond acceptors (Lipinski definition) is 4. The van der Waals surface area contributed by atoms with Gasteiger partial charge in [-0.2, -0.15) is 5.10 Å². The van der Waals surface area contributed by atoms with Crippen molar-refractivity contribution in [1.29, 1.82) is 0 Å². The van der Waals surface area contributed by atoms with Crippen LogP contribution in [0.3, 0.4) is 0 Å². The zero-order chi connectivity index (χ0) is 11.5. The zero-order valence-corrected chi connectivity index (χ0v) is 9.16. The van der Waals surface area contributed by atoms with Crippen LogP contribution in [0.5, 0.6) is 5.75 Å². The Kier molecular flexibility index (Phi) is 2.87. The monoisotopic (exact) mass is 219 g/mol. The largest absolute Gasteiger partial charge is 0.496 e. The van der Waals surface area contributed by atoms with Gasteiger partial charge in [0.25, 0.3) is 0 Å². The average molecular weight is 219 g/mol. The SMILES string of the molecule is COc1cccc(-n2cncn2)c1C(C)O. The van der Waals surface area contributed by atoms with Gasteiger partial charge in [0.15, 0.2) is 0 Å². The quantitative estimate of drug-likeness (QED) is 0.846. The van der Waals surface area contributed by atoms with Crippen molar-refractivity contribution in [3.63, 3.8) is 0 Å². The van der Waals surface area contributed by atoms with Crippen LogP contribution in [0.15, 0.2) is 30.9 Å². The van der Waals surface area contributed by atoms with Gasteiger partial charge in [-0.15, -0.1) is 0 Å². The minimum Gasteiger partial charge on any atom is -0.496 e. The van der Waals surface area contributed by atoms with Gasteiger partial charge < -0.3 is 9.84 Å². The molecular weight excluding hydrogens is 206 g/mol. The van der Waals surface area contributed by atoms with Crippen LogP contribution < -0.4 is 4.74 Å². The standard InChI is InChI=1S/C11H13N3O2/c1-8(15)11-9(14-7-12-6-13-14)4-3-5-10(11)16-2/h3-8,15H,1-2H3. The van der Waals surface area contributed by atoms with Gasteiger partial charge in [0.2, 0.25) is 0 Å². The van der Waals surface area contributed by atoms with Crippen molar-refractivity contribution in [3.8, 4) is 11.4 Å². The van der Waals surface area contributed by atoms with E-state index in [-0.39, 0.29) is 0 Å². The van der Waals surface area contributed by atoms with Gasteiger partial charge in [-0.3, -0.25) is 0 Å². The molecule has 1 unspecified atom stereocenters. The number of hydrogen-bond donors (Lipinski definition) is 1. The van der Waals surface area contributed by atoms with Gasteiger partial charge in [-0.05, 0) is 19.1 Å². The Hall–Kier alpha value is -1.88. The van der Waals surface area contributed by atoms with E-state index in [4.69, 9.17) is 4.74 Å². The molecular formula is C11H13N3O2. The van der Waals surface area contributed by atoms with Crippen molar-refractivity contribution < 1.29 is 9.84 Å². The van der Waals surface area contributed by atoms with Crippen molar-refractivity contribution in [2.45, 2.75) is 13.0 Å². The normalized spacial score (nSPS) is 12.4. The maximum absolute atomic E-state index is 9.77. The molecule has 2 aromatic rings. The molecule has 0 amide bonds. The first-order valence-corrected chi connectivity index (χ1v) is 4.94. The van der Waals surface area contributed by atoms with E-state index in [9.17, 15) is 5.11 Å². The average Bonchev–Trinajstić information content (AvgIpc) is 2.81. The van der Waals surface area contributed by atoms with Crippen LogP contribution in [0, 0.1) is 0 Å². The highest BCUT2D eigenvalue weighted by Gasteiger charge is 2.15. The molecule has 5 nitrogen and oxygen atoms in total. The van der Waals surface area contributed by atoms with Crippen LogP contribution in [0.1, 0.15) is 18.6 Å². The lowest BCUT2D eigenvalue weighted by Crippen LogP contribution is -2.05. The van der Waals surface area contributed by atoms with E-state index in [1.54, 1.807) is 25.0 Å². The Bertz CT molecular complexity index is 466. The number of rotatable bonds is 3. The molecule has 84 valence electrons.